The predicted molar refractivity (Wildman–Crippen MR) is 70.2 cm³/mol. The molecule has 0 radical (unpaired) electrons. The van der Waals surface area contributed by atoms with E-state index in [2.05, 4.69) is 23.7 Å². The third-order valence-electron chi connectivity index (χ3n) is 1.82. The fraction of sp³-hybridized carbons (Fsp3) is 0.714. The molecule has 0 rings (SSSR count). The first kappa shape index (κ1) is 17.0. The monoisotopic (exact) mass is 254 g/mol. The highest BCUT2D eigenvalue weighted by molar-refractivity contribution is 4.95. The zero-order valence-electron chi connectivity index (χ0n) is 11.3. The van der Waals surface area contributed by atoms with Crippen molar-refractivity contribution >= 4 is 0 Å². The van der Waals surface area contributed by atoms with Crippen LogP contribution < -0.4 is 0 Å². The van der Waals surface area contributed by atoms with Crippen LogP contribution in [0.1, 0.15) is 13.8 Å². The minimum atomic E-state index is 0.467. The molecular formula is C14H22O4. The van der Waals surface area contributed by atoms with Crippen LogP contribution in [0.4, 0.5) is 0 Å². The van der Waals surface area contributed by atoms with Gasteiger partial charge in [0.25, 0.3) is 0 Å². The second-order valence-corrected chi connectivity index (χ2v) is 3.18. The van der Waals surface area contributed by atoms with Gasteiger partial charge < -0.3 is 18.9 Å². The molecule has 0 aliphatic heterocycles. The summed E-state index contributed by atoms with van der Waals surface area (Å²) < 4.78 is 21.0. The molecule has 4 heteroatoms. The van der Waals surface area contributed by atoms with Crippen molar-refractivity contribution in [2.75, 3.05) is 52.9 Å². The lowest BCUT2D eigenvalue weighted by atomic mass is 10.6. The van der Waals surface area contributed by atoms with Gasteiger partial charge in [0.05, 0.1) is 39.6 Å². The molecule has 0 heterocycles. The van der Waals surface area contributed by atoms with Crippen molar-refractivity contribution in [2.24, 2.45) is 0 Å². The van der Waals surface area contributed by atoms with Crippen molar-refractivity contribution in [3.8, 4) is 23.7 Å². The van der Waals surface area contributed by atoms with Crippen LogP contribution in [0.2, 0.25) is 0 Å². The van der Waals surface area contributed by atoms with E-state index in [1.165, 1.54) is 0 Å². The van der Waals surface area contributed by atoms with Gasteiger partial charge in [-0.05, 0) is 13.8 Å². The maximum Gasteiger partial charge on any atom is 0.107 e. The summed E-state index contributed by atoms with van der Waals surface area (Å²) in [6, 6.07) is 0. The number of hydrogen-bond acceptors (Lipinski definition) is 4. The van der Waals surface area contributed by atoms with Gasteiger partial charge in [0.1, 0.15) is 13.2 Å². The van der Waals surface area contributed by atoms with Gasteiger partial charge >= 0.3 is 0 Å². The molecule has 0 unspecified atom stereocenters. The van der Waals surface area contributed by atoms with Crippen molar-refractivity contribution in [3.05, 3.63) is 0 Å². The van der Waals surface area contributed by atoms with Gasteiger partial charge in [0, 0.05) is 0 Å². The van der Waals surface area contributed by atoms with E-state index < -0.39 is 0 Å². The highest BCUT2D eigenvalue weighted by Crippen LogP contribution is 1.82. The van der Waals surface area contributed by atoms with Gasteiger partial charge in [-0.3, -0.25) is 0 Å². The quantitative estimate of drug-likeness (QED) is 0.409. The summed E-state index contributed by atoms with van der Waals surface area (Å²) in [5, 5.41) is 0. The summed E-state index contributed by atoms with van der Waals surface area (Å²) in [6.07, 6.45) is 0. The Labute approximate surface area is 110 Å². The number of hydrogen-bond donors (Lipinski definition) is 0. The zero-order valence-corrected chi connectivity index (χ0v) is 11.3. The molecule has 0 spiro atoms. The van der Waals surface area contributed by atoms with Crippen LogP contribution in [0.25, 0.3) is 0 Å². The number of rotatable bonds is 11. The van der Waals surface area contributed by atoms with Crippen LogP contribution in [0.3, 0.4) is 0 Å². The van der Waals surface area contributed by atoms with E-state index >= 15 is 0 Å². The third kappa shape index (κ3) is 15.0. The minimum absolute atomic E-state index is 0.467. The lowest BCUT2D eigenvalue weighted by molar-refractivity contribution is 0.00485. The fourth-order valence-electron chi connectivity index (χ4n) is 0.948. The van der Waals surface area contributed by atoms with E-state index in [0.29, 0.717) is 52.9 Å². The third-order valence-corrected chi connectivity index (χ3v) is 1.82. The molecule has 0 aromatic carbocycles. The predicted octanol–water partition coefficient (Wildman–Crippen LogP) is 1.10. The van der Waals surface area contributed by atoms with Crippen LogP contribution in [-0.4, -0.2) is 52.9 Å². The molecular weight excluding hydrogens is 232 g/mol. The molecule has 4 nitrogen and oxygen atoms in total. The Morgan fingerprint density at radius 1 is 0.556 bits per heavy atom. The topological polar surface area (TPSA) is 36.9 Å². The van der Waals surface area contributed by atoms with E-state index in [-0.39, 0.29) is 0 Å². The Morgan fingerprint density at radius 2 is 0.889 bits per heavy atom. The lowest BCUT2D eigenvalue weighted by Crippen LogP contribution is -2.12. The summed E-state index contributed by atoms with van der Waals surface area (Å²) >= 11 is 0. The van der Waals surface area contributed by atoms with E-state index in [1.54, 1.807) is 13.8 Å². The van der Waals surface area contributed by atoms with Gasteiger partial charge in [0.15, 0.2) is 0 Å². The van der Waals surface area contributed by atoms with Gasteiger partial charge in [-0.25, -0.2) is 0 Å². The summed E-state index contributed by atoms with van der Waals surface area (Å²) in [5.41, 5.74) is 0. The van der Waals surface area contributed by atoms with Crippen molar-refractivity contribution in [1.29, 1.82) is 0 Å². The molecule has 0 aromatic heterocycles. The zero-order chi connectivity index (χ0) is 13.3. The standard InChI is InChI=1S/C14H22O4/c1-3-5-7-15-9-11-17-13-14-18-12-10-16-8-6-4-2/h7-14H2,1-2H3. The van der Waals surface area contributed by atoms with Crippen LogP contribution in [0.5, 0.6) is 0 Å². The van der Waals surface area contributed by atoms with E-state index in [0.717, 1.165) is 0 Å². The molecule has 0 aliphatic rings. The molecule has 0 bridgehead atoms. The van der Waals surface area contributed by atoms with Crippen LogP contribution >= 0.6 is 0 Å². The molecule has 0 aromatic rings. The molecule has 0 aliphatic carbocycles. The largest absolute Gasteiger partial charge is 0.377 e. The van der Waals surface area contributed by atoms with Crippen molar-refractivity contribution in [1.82, 2.24) is 0 Å². The first-order valence-corrected chi connectivity index (χ1v) is 6.02. The van der Waals surface area contributed by atoms with Gasteiger partial charge in [0.2, 0.25) is 0 Å². The molecule has 0 saturated carbocycles. The van der Waals surface area contributed by atoms with Crippen molar-refractivity contribution in [3.63, 3.8) is 0 Å². The van der Waals surface area contributed by atoms with Crippen LogP contribution in [0, 0.1) is 23.7 Å². The Kier molecular flexibility index (Phi) is 15.0. The maximum absolute atomic E-state index is 5.30. The smallest absolute Gasteiger partial charge is 0.107 e. The maximum atomic E-state index is 5.30. The molecule has 18 heavy (non-hydrogen) atoms. The first-order chi connectivity index (χ1) is 8.91. The van der Waals surface area contributed by atoms with Gasteiger partial charge in [-0.15, -0.1) is 11.8 Å². The molecule has 102 valence electrons. The van der Waals surface area contributed by atoms with Gasteiger partial charge in [-0.2, -0.15) is 0 Å². The summed E-state index contributed by atoms with van der Waals surface area (Å²) in [7, 11) is 0. The molecule has 0 atom stereocenters. The average Bonchev–Trinajstić information content (AvgIpc) is 2.39. The van der Waals surface area contributed by atoms with E-state index in [1.807, 2.05) is 0 Å². The molecule has 0 saturated heterocycles. The summed E-state index contributed by atoms with van der Waals surface area (Å²) in [5.74, 6) is 11.1. The lowest BCUT2D eigenvalue weighted by Gasteiger charge is -2.05. The molecule has 0 amide bonds. The molecule has 0 N–H and O–H groups in total. The fourth-order valence-corrected chi connectivity index (χ4v) is 0.948. The normalized spacial score (nSPS) is 9.22. The van der Waals surface area contributed by atoms with Crippen molar-refractivity contribution < 1.29 is 18.9 Å². The summed E-state index contributed by atoms with van der Waals surface area (Å²) in [6.45, 7) is 7.90. The van der Waals surface area contributed by atoms with Gasteiger partial charge in [-0.1, -0.05) is 11.8 Å². The Morgan fingerprint density at radius 3 is 1.22 bits per heavy atom. The first-order valence-electron chi connectivity index (χ1n) is 6.02. The Hall–Kier alpha value is -1.04. The van der Waals surface area contributed by atoms with Crippen LogP contribution in [-0.2, 0) is 18.9 Å². The molecule has 0 fully saturated rings. The van der Waals surface area contributed by atoms with E-state index in [4.69, 9.17) is 18.9 Å². The van der Waals surface area contributed by atoms with E-state index in [9.17, 15) is 0 Å². The van der Waals surface area contributed by atoms with Crippen molar-refractivity contribution in [2.45, 2.75) is 13.8 Å². The SMILES string of the molecule is CC#CCOCCOCCOCCOCC#CC. The highest BCUT2D eigenvalue weighted by Gasteiger charge is 1.91. The number of ether oxygens (including phenoxy) is 4. The Balaban J connectivity index is 2.97. The second-order valence-electron chi connectivity index (χ2n) is 3.18. The Bertz CT molecular complexity index is 250. The van der Waals surface area contributed by atoms with Crippen LogP contribution in [0.15, 0.2) is 0 Å². The summed E-state index contributed by atoms with van der Waals surface area (Å²) in [4.78, 5) is 0. The second kappa shape index (κ2) is 16.0. The highest BCUT2D eigenvalue weighted by atomic mass is 16.6. The average molecular weight is 254 g/mol. The minimum Gasteiger partial charge on any atom is -0.377 e.